The zero-order valence-electron chi connectivity index (χ0n) is 13.8. The van der Waals surface area contributed by atoms with Gasteiger partial charge in [0.25, 0.3) is 0 Å². The van der Waals surface area contributed by atoms with Gasteiger partial charge in [0, 0.05) is 16.8 Å². The van der Waals surface area contributed by atoms with Gasteiger partial charge in [-0.15, -0.1) is 0 Å². The molecule has 1 aromatic heterocycles. The van der Waals surface area contributed by atoms with Crippen LogP contribution in [0.3, 0.4) is 0 Å². The van der Waals surface area contributed by atoms with Crippen molar-refractivity contribution in [2.75, 3.05) is 19.5 Å². The highest BCUT2D eigenvalue weighted by molar-refractivity contribution is 5.96. The van der Waals surface area contributed by atoms with Crippen LogP contribution in [0.4, 0.5) is 11.4 Å². The maximum Gasteiger partial charge on any atom is 0.145 e. The predicted molar refractivity (Wildman–Crippen MR) is 94.0 cm³/mol. The number of hydrogen-bond acceptors (Lipinski definition) is 4. The molecular formula is C19H20N2O2. The van der Waals surface area contributed by atoms with E-state index < -0.39 is 0 Å². The molecule has 1 heterocycles. The van der Waals surface area contributed by atoms with Crippen LogP contribution in [0.5, 0.6) is 11.5 Å². The van der Waals surface area contributed by atoms with Gasteiger partial charge in [-0.25, -0.2) is 4.98 Å². The van der Waals surface area contributed by atoms with Gasteiger partial charge >= 0.3 is 0 Å². The van der Waals surface area contributed by atoms with Crippen molar-refractivity contribution in [3.8, 4) is 11.5 Å². The molecule has 0 fully saturated rings. The summed E-state index contributed by atoms with van der Waals surface area (Å²) in [7, 11) is 3.34. The van der Waals surface area contributed by atoms with E-state index in [1.807, 2.05) is 43.3 Å². The van der Waals surface area contributed by atoms with E-state index >= 15 is 0 Å². The van der Waals surface area contributed by atoms with Gasteiger partial charge in [-0.05, 0) is 43.7 Å². The lowest BCUT2D eigenvalue weighted by Gasteiger charge is -2.15. The minimum absolute atomic E-state index is 0.769. The molecule has 23 heavy (non-hydrogen) atoms. The first kappa shape index (κ1) is 15.2. The Kier molecular flexibility index (Phi) is 4.06. The van der Waals surface area contributed by atoms with E-state index in [2.05, 4.69) is 23.3 Å². The average Bonchev–Trinajstić information content (AvgIpc) is 2.54. The Morgan fingerprint density at radius 2 is 1.65 bits per heavy atom. The summed E-state index contributed by atoms with van der Waals surface area (Å²) in [5.41, 5.74) is 4.86. The zero-order chi connectivity index (χ0) is 16.4. The Balaban J connectivity index is 2.16. The molecule has 0 spiro atoms. The number of rotatable bonds is 4. The van der Waals surface area contributed by atoms with Crippen molar-refractivity contribution in [1.29, 1.82) is 0 Å². The van der Waals surface area contributed by atoms with Gasteiger partial charge in [0.1, 0.15) is 17.0 Å². The quantitative estimate of drug-likeness (QED) is 0.764. The minimum atomic E-state index is 0.769. The van der Waals surface area contributed by atoms with E-state index in [-0.39, 0.29) is 0 Å². The molecule has 0 amide bonds. The highest BCUT2D eigenvalue weighted by Crippen LogP contribution is 2.34. The molecule has 4 heteroatoms. The SMILES string of the molecule is COc1ccc(C)cc1Nc1cc(C)nc2c(OC)cccc12. The van der Waals surface area contributed by atoms with Crippen molar-refractivity contribution >= 4 is 22.3 Å². The molecule has 3 rings (SSSR count). The lowest BCUT2D eigenvalue weighted by atomic mass is 10.1. The Hall–Kier alpha value is -2.75. The third-order valence-electron chi connectivity index (χ3n) is 3.77. The number of aryl methyl sites for hydroxylation is 2. The summed E-state index contributed by atoms with van der Waals surface area (Å²) in [6.45, 7) is 4.04. The molecule has 1 N–H and O–H groups in total. The van der Waals surface area contributed by atoms with Crippen molar-refractivity contribution in [1.82, 2.24) is 4.98 Å². The Morgan fingerprint density at radius 1 is 0.870 bits per heavy atom. The van der Waals surface area contributed by atoms with E-state index in [1.165, 1.54) is 5.56 Å². The zero-order valence-corrected chi connectivity index (χ0v) is 13.8. The Labute approximate surface area is 136 Å². The maximum absolute atomic E-state index is 5.46. The van der Waals surface area contributed by atoms with Crippen molar-refractivity contribution in [2.24, 2.45) is 0 Å². The summed E-state index contributed by atoms with van der Waals surface area (Å²) in [6.07, 6.45) is 0. The number of nitrogens with one attached hydrogen (secondary N) is 1. The van der Waals surface area contributed by atoms with E-state index in [9.17, 15) is 0 Å². The summed E-state index contributed by atoms with van der Waals surface area (Å²) in [5, 5.41) is 4.49. The summed E-state index contributed by atoms with van der Waals surface area (Å²) in [5.74, 6) is 1.58. The van der Waals surface area contributed by atoms with E-state index in [0.717, 1.165) is 39.5 Å². The van der Waals surface area contributed by atoms with Crippen molar-refractivity contribution < 1.29 is 9.47 Å². The number of aromatic nitrogens is 1. The van der Waals surface area contributed by atoms with Gasteiger partial charge in [0.2, 0.25) is 0 Å². The number of hydrogen-bond donors (Lipinski definition) is 1. The number of methoxy groups -OCH3 is 2. The van der Waals surface area contributed by atoms with Gasteiger partial charge < -0.3 is 14.8 Å². The highest BCUT2D eigenvalue weighted by Gasteiger charge is 2.11. The Bertz CT molecular complexity index is 859. The predicted octanol–water partition coefficient (Wildman–Crippen LogP) is 4.61. The normalized spacial score (nSPS) is 10.6. The molecule has 0 saturated heterocycles. The topological polar surface area (TPSA) is 43.4 Å². The van der Waals surface area contributed by atoms with Crippen LogP contribution in [0.25, 0.3) is 10.9 Å². The fourth-order valence-corrected chi connectivity index (χ4v) is 2.68. The molecule has 118 valence electrons. The van der Waals surface area contributed by atoms with E-state index in [4.69, 9.17) is 9.47 Å². The molecule has 0 aliphatic heterocycles. The fourth-order valence-electron chi connectivity index (χ4n) is 2.68. The maximum atomic E-state index is 5.46. The lowest BCUT2D eigenvalue weighted by Crippen LogP contribution is -1.98. The van der Waals surface area contributed by atoms with Gasteiger partial charge in [-0.3, -0.25) is 0 Å². The monoisotopic (exact) mass is 308 g/mol. The fraction of sp³-hybridized carbons (Fsp3) is 0.211. The second-order valence-corrected chi connectivity index (χ2v) is 5.50. The highest BCUT2D eigenvalue weighted by atomic mass is 16.5. The number of para-hydroxylation sites is 1. The summed E-state index contributed by atoms with van der Waals surface area (Å²) in [4.78, 5) is 4.61. The van der Waals surface area contributed by atoms with E-state index in [1.54, 1.807) is 14.2 Å². The summed E-state index contributed by atoms with van der Waals surface area (Å²) < 4.78 is 10.9. The van der Waals surface area contributed by atoms with Crippen molar-refractivity contribution in [3.63, 3.8) is 0 Å². The van der Waals surface area contributed by atoms with Gasteiger partial charge in [0.15, 0.2) is 0 Å². The summed E-state index contributed by atoms with van der Waals surface area (Å²) >= 11 is 0. The first-order valence-corrected chi connectivity index (χ1v) is 7.48. The standard InChI is InChI=1S/C19H20N2O2/c1-12-8-9-17(22-3)16(10-12)21-15-11-13(2)20-19-14(15)6-5-7-18(19)23-4/h5-11H,1-4H3,(H,20,21). The molecule has 0 aliphatic carbocycles. The molecule has 0 saturated carbocycles. The van der Waals surface area contributed by atoms with Crippen LogP contribution in [-0.2, 0) is 0 Å². The number of fused-ring (bicyclic) bond motifs is 1. The van der Waals surface area contributed by atoms with Crippen molar-refractivity contribution in [2.45, 2.75) is 13.8 Å². The molecule has 0 radical (unpaired) electrons. The smallest absolute Gasteiger partial charge is 0.145 e. The second kappa shape index (κ2) is 6.16. The van der Waals surface area contributed by atoms with Gasteiger partial charge in [0.05, 0.1) is 19.9 Å². The van der Waals surface area contributed by atoms with Crippen LogP contribution in [-0.4, -0.2) is 19.2 Å². The first-order valence-electron chi connectivity index (χ1n) is 7.48. The molecule has 0 bridgehead atoms. The molecule has 0 unspecified atom stereocenters. The lowest BCUT2D eigenvalue weighted by molar-refractivity contribution is 0.416. The van der Waals surface area contributed by atoms with Crippen LogP contribution in [0.15, 0.2) is 42.5 Å². The minimum Gasteiger partial charge on any atom is -0.495 e. The van der Waals surface area contributed by atoms with Crippen LogP contribution in [0.1, 0.15) is 11.3 Å². The molecule has 4 nitrogen and oxygen atoms in total. The largest absolute Gasteiger partial charge is 0.495 e. The van der Waals surface area contributed by atoms with Crippen LogP contribution < -0.4 is 14.8 Å². The molecule has 0 aliphatic rings. The number of pyridine rings is 1. The van der Waals surface area contributed by atoms with Crippen LogP contribution in [0.2, 0.25) is 0 Å². The summed E-state index contributed by atoms with van der Waals surface area (Å²) in [6, 6.07) is 14.0. The van der Waals surface area contributed by atoms with Crippen LogP contribution in [0, 0.1) is 13.8 Å². The van der Waals surface area contributed by atoms with Crippen molar-refractivity contribution in [3.05, 3.63) is 53.7 Å². The number of benzene rings is 2. The number of nitrogens with zero attached hydrogens (tertiary/aromatic N) is 1. The van der Waals surface area contributed by atoms with Gasteiger partial charge in [-0.2, -0.15) is 0 Å². The average molecular weight is 308 g/mol. The molecule has 0 atom stereocenters. The third-order valence-corrected chi connectivity index (χ3v) is 3.77. The molecular weight excluding hydrogens is 288 g/mol. The van der Waals surface area contributed by atoms with Crippen LogP contribution >= 0.6 is 0 Å². The number of ether oxygens (including phenoxy) is 2. The van der Waals surface area contributed by atoms with E-state index in [0.29, 0.717) is 0 Å². The molecule has 3 aromatic rings. The number of anilines is 2. The third kappa shape index (κ3) is 2.93. The molecule has 2 aromatic carbocycles. The first-order chi connectivity index (χ1) is 11.1. The Morgan fingerprint density at radius 3 is 2.39 bits per heavy atom. The van der Waals surface area contributed by atoms with Gasteiger partial charge in [-0.1, -0.05) is 18.2 Å². The second-order valence-electron chi connectivity index (χ2n) is 5.50.